The molecule has 0 atom stereocenters. The van der Waals surface area contributed by atoms with E-state index in [2.05, 4.69) is 10.0 Å². The summed E-state index contributed by atoms with van der Waals surface area (Å²) in [4.78, 5) is 0. The Bertz CT molecular complexity index is 574. The van der Waals surface area contributed by atoms with Gasteiger partial charge in [0, 0.05) is 6.54 Å². The number of anilines is 2. The molecule has 0 heterocycles. The van der Waals surface area contributed by atoms with Crippen molar-refractivity contribution in [3.05, 3.63) is 23.8 Å². The summed E-state index contributed by atoms with van der Waals surface area (Å²) in [5.41, 5.74) is 1.51. The van der Waals surface area contributed by atoms with E-state index in [0.29, 0.717) is 23.5 Å². The maximum absolute atomic E-state index is 11.9. The molecule has 0 aliphatic heterocycles. The minimum atomic E-state index is -3.40. The van der Waals surface area contributed by atoms with E-state index < -0.39 is 10.0 Å². The summed E-state index contributed by atoms with van der Waals surface area (Å²) in [5.74, 6) is 0.0919. The molecule has 1 rings (SSSR count). The van der Waals surface area contributed by atoms with Crippen LogP contribution >= 0.6 is 0 Å². The lowest BCUT2D eigenvalue weighted by atomic mass is 10.2. The summed E-state index contributed by atoms with van der Waals surface area (Å²) in [7, 11) is -3.40. The zero-order valence-electron chi connectivity index (χ0n) is 11.4. The van der Waals surface area contributed by atoms with Gasteiger partial charge < -0.3 is 5.32 Å². The van der Waals surface area contributed by atoms with E-state index in [1.165, 1.54) is 6.07 Å². The highest BCUT2D eigenvalue weighted by atomic mass is 32.2. The fraction of sp³-hybridized carbons (Fsp3) is 0.462. The molecule has 5 nitrogen and oxygen atoms in total. The molecule has 0 unspecified atom stereocenters. The van der Waals surface area contributed by atoms with Crippen molar-refractivity contribution in [3.8, 4) is 6.07 Å². The molecule has 19 heavy (non-hydrogen) atoms. The Labute approximate surface area is 114 Å². The first kappa shape index (κ1) is 15.3. The highest BCUT2D eigenvalue weighted by Crippen LogP contribution is 2.24. The van der Waals surface area contributed by atoms with Crippen molar-refractivity contribution < 1.29 is 8.42 Å². The van der Waals surface area contributed by atoms with Crippen molar-refractivity contribution in [3.63, 3.8) is 0 Å². The number of nitrogens with one attached hydrogen (secondary N) is 2. The van der Waals surface area contributed by atoms with Crippen molar-refractivity contribution in [1.29, 1.82) is 5.26 Å². The van der Waals surface area contributed by atoms with Crippen LogP contribution in [0.5, 0.6) is 0 Å². The largest absolute Gasteiger partial charge is 0.384 e. The molecule has 6 heteroatoms. The molecule has 0 bridgehead atoms. The smallest absolute Gasteiger partial charge is 0.233 e. The Hall–Kier alpha value is -1.74. The Morgan fingerprint density at radius 1 is 1.32 bits per heavy atom. The number of hydrogen-bond donors (Lipinski definition) is 2. The van der Waals surface area contributed by atoms with Gasteiger partial charge in [-0.25, -0.2) is 8.42 Å². The van der Waals surface area contributed by atoms with Crippen molar-refractivity contribution in [2.24, 2.45) is 5.92 Å². The highest BCUT2D eigenvalue weighted by molar-refractivity contribution is 7.92. The summed E-state index contributed by atoms with van der Waals surface area (Å²) in [6.07, 6.45) is 0. The van der Waals surface area contributed by atoms with E-state index in [1.807, 2.05) is 26.8 Å². The van der Waals surface area contributed by atoms with Gasteiger partial charge in [-0.2, -0.15) is 5.26 Å². The monoisotopic (exact) mass is 281 g/mol. The van der Waals surface area contributed by atoms with Gasteiger partial charge in [-0.3, -0.25) is 4.72 Å². The highest BCUT2D eigenvalue weighted by Gasteiger charge is 2.15. The van der Waals surface area contributed by atoms with Crippen LogP contribution in [0.1, 0.15) is 26.3 Å². The summed E-state index contributed by atoms with van der Waals surface area (Å²) in [6, 6.07) is 6.89. The molecule has 0 aliphatic carbocycles. The second-order valence-corrected chi connectivity index (χ2v) is 6.45. The molecular formula is C13H19N3O2S. The fourth-order valence-electron chi connectivity index (χ4n) is 1.69. The van der Waals surface area contributed by atoms with Crippen molar-refractivity contribution in [2.75, 3.05) is 22.3 Å². The Balaban J connectivity index is 3.07. The second-order valence-electron chi connectivity index (χ2n) is 4.68. The zero-order chi connectivity index (χ0) is 14.5. The van der Waals surface area contributed by atoms with E-state index in [9.17, 15) is 8.42 Å². The lowest BCUT2D eigenvalue weighted by Crippen LogP contribution is -2.21. The fourth-order valence-corrected chi connectivity index (χ4v) is 3.16. The molecule has 0 amide bonds. The van der Waals surface area contributed by atoms with Gasteiger partial charge in [0.05, 0.1) is 28.8 Å². The van der Waals surface area contributed by atoms with Crippen LogP contribution < -0.4 is 10.0 Å². The van der Waals surface area contributed by atoms with Crippen LogP contribution in [-0.4, -0.2) is 20.7 Å². The standard InChI is InChI=1S/C13H19N3O2S/c1-4-15-12-6-5-11(8-14)7-13(12)16-19(17,18)9-10(2)3/h5-7,10,15-16H,4,9H2,1-3H3. The number of benzene rings is 1. The first-order chi connectivity index (χ1) is 8.88. The van der Waals surface area contributed by atoms with Gasteiger partial charge >= 0.3 is 0 Å². The van der Waals surface area contributed by atoms with E-state index >= 15 is 0 Å². The van der Waals surface area contributed by atoms with Crippen LogP contribution in [0.4, 0.5) is 11.4 Å². The normalized spacial score (nSPS) is 11.1. The van der Waals surface area contributed by atoms with Crippen LogP contribution in [0.15, 0.2) is 18.2 Å². The number of nitrogens with zero attached hydrogens (tertiary/aromatic N) is 1. The molecule has 1 aromatic rings. The Morgan fingerprint density at radius 3 is 2.53 bits per heavy atom. The predicted molar refractivity (Wildman–Crippen MR) is 77.6 cm³/mol. The molecule has 0 aliphatic rings. The number of nitriles is 1. The first-order valence-electron chi connectivity index (χ1n) is 6.16. The van der Waals surface area contributed by atoms with Gasteiger partial charge in [0.25, 0.3) is 0 Å². The average Bonchev–Trinajstić information content (AvgIpc) is 2.29. The third kappa shape index (κ3) is 4.79. The second kappa shape index (κ2) is 6.43. The van der Waals surface area contributed by atoms with E-state index in [-0.39, 0.29) is 11.7 Å². The summed E-state index contributed by atoms with van der Waals surface area (Å²) in [6.45, 7) is 6.28. The molecule has 2 N–H and O–H groups in total. The van der Waals surface area contributed by atoms with Gasteiger partial charge in [-0.15, -0.1) is 0 Å². The van der Waals surface area contributed by atoms with Gasteiger partial charge in [-0.05, 0) is 31.0 Å². The Morgan fingerprint density at radius 2 is 2.00 bits per heavy atom. The van der Waals surface area contributed by atoms with Crippen LogP contribution in [0, 0.1) is 17.2 Å². The average molecular weight is 281 g/mol. The zero-order valence-corrected chi connectivity index (χ0v) is 12.2. The van der Waals surface area contributed by atoms with Crippen molar-refractivity contribution >= 4 is 21.4 Å². The number of hydrogen-bond acceptors (Lipinski definition) is 4. The topological polar surface area (TPSA) is 82.0 Å². The molecule has 0 spiro atoms. The van der Waals surface area contributed by atoms with Gasteiger partial charge in [0.15, 0.2) is 0 Å². The first-order valence-corrected chi connectivity index (χ1v) is 7.81. The number of rotatable bonds is 6. The SMILES string of the molecule is CCNc1ccc(C#N)cc1NS(=O)(=O)CC(C)C. The molecule has 104 valence electrons. The van der Waals surface area contributed by atoms with Crippen LogP contribution in [0.2, 0.25) is 0 Å². The van der Waals surface area contributed by atoms with E-state index in [1.54, 1.807) is 12.1 Å². The number of sulfonamides is 1. The molecule has 0 radical (unpaired) electrons. The molecular weight excluding hydrogens is 262 g/mol. The van der Waals surface area contributed by atoms with Gasteiger partial charge in [-0.1, -0.05) is 13.8 Å². The summed E-state index contributed by atoms with van der Waals surface area (Å²) in [5, 5.41) is 11.9. The van der Waals surface area contributed by atoms with Crippen LogP contribution in [0.3, 0.4) is 0 Å². The summed E-state index contributed by atoms with van der Waals surface area (Å²) < 4.78 is 26.4. The van der Waals surface area contributed by atoms with Crippen molar-refractivity contribution in [2.45, 2.75) is 20.8 Å². The maximum atomic E-state index is 11.9. The quantitative estimate of drug-likeness (QED) is 0.838. The minimum Gasteiger partial charge on any atom is -0.384 e. The predicted octanol–water partition coefficient (Wildman–Crippen LogP) is 2.39. The minimum absolute atomic E-state index is 0.0410. The van der Waals surface area contributed by atoms with Crippen LogP contribution in [-0.2, 0) is 10.0 Å². The Kier molecular flexibility index (Phi) is 5.19. The molecule has 0 fully saturated rings. The van der Waals surface area contributed by atoms with Gasteiger partial charge in [0.2, 0.25) is 10.0 Å². The third-order valence-corrected chi connectivity index (χ3v) is 3.97. The molecule has 0 aromatic heterocycles. The third-order valence-electron chi connectivity index (χ3n) is 2.33. The molecule has 0 saturated heterocycles. The van der Waals surface area contributed by atoms with E-state index in [0.717, 1.165) is 0 Å². The lowest BCUT2D eigenvalue weighted by Gasteiger charge is -2.14. The lowest BCUT2D eigenvalue weighted by molar-refractivity contribution is 0.587. The van der Waals surface area contributed by atoms with Crippen molar-refractivity contribution in [1.82, 2.24) is 0 Å². The maximum Gasteiger partial charge on any atom is 0.233 e. The molecule has 1 aromatic carbocycles. The van der Waals surface area contributed by atoms with Gasteiger partial charge in [0.1, 0.15) is 0 Å². The molecule has 0 saturated carbocycles. The summed E-state index contributed by atoms with van der Waals surface area (Å²) >= 11 is 0. The van der Waals surface area contributed by atoms with E-state index in [4.69, 9.17) is 5.26 Å². The van der Waals surface area contributed by atoms with Crippen LogP contribution in [0.25, 0.3) is 0 Å².